The molecule has 3 rings (SSSR count). The normalized spacial score (nSPS) is 16.8. The first-order valence-electron chi connectivity index (χ1n) is 7.76. The monoisotopic (exact) mass is 359 g/mol. The maximum atomic E-state index is 12.3. The molecule has 130 valence electrons. The van der Waals surface area contributed by atoms with E-state index in [1.807, 2.05) is 6.07 Å². The van der Waals surface area contributed by atoms with Crippen molar-refractivity contribution in [2.45, 2.75) is 25.8 Å². The van der Waals surface area contributed by atoms with Crippen molar-refractivity contribution in [1.29, 1.82) is 0 Å². The summed E-state index contributed by atoms with van der Waals surface area (Å²) in [6.45, 7) is 1.74. The molecule has 0 bridgehead atoms. The summed E-state index contributed by atoms with van der Waals surface area (Å²) in [6, 6.07) is 3.25. The van der Waals surface area contributed by atoms with Crippen molar-refractivity contribution in [2.24, 2.45) is 12.1 Å². The summed E-state index contributed by atoms with van der Waals surface area (Å²) >= 11 is 4.98. The predicted molar refractivity (Wildman–Crippen MR) is 93.8 cm³/mol. The molecule has 2 aromatic heterocycles. The molecule has 0 aromatic carbocycles. The van der Waals surface area contributed by atoms with E-state index in [9.17, 15) is 14.7 Å². The molecular weight excluding hydrogens is 342 g/mol. The maximum absolute atomic E-state index is 12.3. The fourth-order valence-corrected chi connectivity index (χ4v) is 2.93. The highest BCUT2D eigenvalue weighted by atomic mass is 32.1. The highest BCUT2D eigenvalue weighted by Gasteiger charge is 2.34. The van der Waals surface area contributed by atoms with Gasteiger partial charge >= 0.3 is 0 Å². The highest BCUT2D eigenvalue weighted by Crippen LogP contribution is 2.33. The molecule has 2 aromatic rings. The van der Waals surface area contributed by atoms with Crippen LogP contribution in [0.3, 0.4) is 0 Å². The second kappa shape index (κ2) is 6.60. The summed E-state index contributed by atoms with van der Waals surface area (Å²) < 4.78 is 1.40. The summed E-state index contributed by atoms with van der Waals surface area (Å²) in [5.41, 5.74) is 0.634. The number of pyridine rings is 1. The van der Waals surface area contributed by atoms with Gasteiger partial charge in [0.15, 0.2) is 4.77 Å². The van der Waals surface area contributed by atoms with E-state index in [2.05, 4.69) is 15.1 Å². The van der Waals surface area contributed by atoms with E-state index in [-0.39, 0.29) is 34.6 Å². The Morgan fingerprint density at radius 3 is 2.92 bits per heavy atom. The third kappa shape index (κ3) is 2.98. The van der Waals surface area contributed by atoms with Crippen molar-refractivity contribution in [2.75, 3.05) is 0 Å². The Kier molecular flexibility index (Phi) is 4.49. The lowest BCUT2D eigenvalue weighted by Crippen LogP contribution is -2.26. The Labute approximate surface area is 148 Å². The first-order valence-corrected chi connectivity index (χ1v) is 8.17. The van der Waals surface area contributed by atoms with E-state index >= 15 is 0 Å². The molecule has 9 heteroatoms. The predicted octanol–water partition coefficient (Wildman–Crippen LogP) is 1.63. The van der Waals surface area contributed by atoms with E-state index < -0.39 is 5.56 Å². The zero-order valence-corrected chi connectivity index (χ0v) is 14.6. The molecule has 0 saturated carbocycles. The third-order valence-corrected chi connectivity index (χ3v) is 4.50. The van der Waals surface area contributed by atoms with Crippen LogP contribution >= 0.6 is 12.2 Å². The van der Waals surface area contributed by atoms with E-state index in [1.54, 1.807) is 32.4 Å². The molecule has 1 unspecified atom stereocenters. The topological polar surface area (TPSA) is 104 Å². The van der Waals surface area contributed by atoms with Gasteiger partial charge in [-0.05, 0) is 23.8 Å². The van der Waals surface area contributed by atoms with Gasteiger partial charge in [-0.1, -0.05) is 13.0 Å². The van der Waals surface area contributed by atoms with Crippen molar-refractivity contribution in [1.82, 2.24) is 19.5 Å². The Hall–Kier alpha value is -2.81. The Morgan fingerprint density at radius 1 is 1.52 bits per heavy atom. The molecule has 0 fully saturated rings. The smallest absolute Gasteiger partial charge is 0.264 e. The average Bonchev–Trinajstić information content (AvgIpc) is 3.05. The van der Waals surface area contributed by atoms with Crippen molar-refractivity contribution in [3.63, 3.8) is 0 Å². The second-order valence-electron chi connectivity index (χ2n) is 5.66. The number of H-pyrrole nitrogens is 1. The minimum atomic E-state index is -0.532. The lowest BCUT2D eigenvalue weighted by Gasteiger charge is -2.21. The fraction of sp³-hybridized carbons (Fsp3) is 0.312. The summed E-state index contributed by atoms with van der Waals surface area (Å²) in [6.07, 6.45) is 3.88. The van der Waals surface area contributed by atoms with E-state index in [0.717, 1.165) is 5.56 Å². The van der Waals surface area contributed by atoms with E-state index in [0.29, 0.717) is 12.1 Å². The van der Waals surface area contributed by atoms with Gasteiger partial charge in [-0.2, -0.15) is 5.10 Å². The molecule has 1 aliphatic heterocycles. The van der Waals surface area contributed by atoms with Crippen LogP contribution in [0.4, 0.5) is 0 Å². The van der Waals surface area contributed by atoms with Gasteiger partial charge in [0, 0.05) is 32.3 Å². The van der Waals surface area contributed by atoms with Gasteiger partial charge in [0.1, 0.15) is 5.56 Å². The number of carbonyl (C=O) groups excluding carboxylic acids is 1. The molecule has 8 nitrogen and oxygen atoms in total. The van der Waals surface area contributed by atoms with Crippen molar-refractivity contribution in [3.8, 4) is 5.88 Å². The largest absolute Gasteiger partial charge is 0.494 e. The van der Waals surface area contributed by atoms with Crippen LogP contribution in [0.1, 0.15) is 36.9 Å². The van der Waals surface area contributed by atoms with Gasteiger partial charge in [-0.25, -0.2) is 5.01 Å². The molecule has 25 heavy (non-hydrogen) atoms. The lowest BCUT2D eigenvalue weighted by molar-refractivity contribution is -0.132. The van der Waals surface area contributed by atoms with Gasteiger partial charge in [0.05, 0.1) is 11.8 Å². The Morgan fingerprint density at radius 2 is 2.28 bits per heavy atom. The van der Waals surface area contributed by atoms with Crippen LogP contribution in [-0.2, 0) is 11.8 Å². The molecule has 1 amide bonds. The number of amides is 1. The van der Waals surface area contributed by atoms with Gasteiger partial charge in [-0.15, -0.1) is 0 Å². The van der Waals surface area contributed by atoms with Crippen LogP contribution in [0.15, 0.2) is 34.4 Å². The first-order chi connectivity index (χ1) is 11.9. The van der Waals surface area contributed by atoms with E-state index in [1.165, 1.54) is 9.58 Å². The van der Waals surface area contributed by atoms with Crippen molar-refractivity contribution < 1.29 is 9.90 Å². The molecule has 0 saturated heterocycles. The lowest BCUT2D eigenvalue weighted by atomic mass is 10.0. The second-order valence-corrected chi connectivity index (χ2v) is 6.05. The van der Waals surface area contributed by atoms with E-state index in [4.69, 9.17) is 12.2 Å². The fourth-order valence-electron chi connectivity index (χ4n) is 2.75. The number of hydrogen-bond acceptors (Lipinski definition) is 6. The third-order valence-electron chi connectivity index (χ3n) is 4.12. The van der Waals surface area contributed by atoms with Crippen LogP contribution < -0.4 is 5.56 Å². The molecule has 2 N–H and O–H groups in total. The van der Waals surface area contributed by atoms with Gasteiger partial charge in [0.25, 0.3) is 5.56 Å². The van der Waals surface area contributed by atoms with Gasteiger partial charge in [0.2, 0.25) is 11.8 Å². The van der Waals surface area contributed by atoms with Gasteiger partial charge in [-0.3, -0.25) is 24.1 Å². The summed E-state index contributed by atoms with van der Waals surface area (Å²) in [4.78, 5) is 31.2. The molecule has 0 radical (unpaired) electrons. The zero-order valence-electron chi connectivity index (χ0n) is 13.8. The maximum Gasteiger partial charge on any atom is 0.264 e. The van der Waals surface area contributed by atoms with Gasteiger partial charge < -0.3 is 5.11 Å². The van der Waals surface area contributed by atoms with Crippen molar-refractivity contribution in [3.05, 3.63) is 50.8 Å². The van der Waals surface area contributed by atoms with Crippen LogP contribution in [0, 0.1) is 4.77 Å². The number of aromatic amines is 1. The average molecular weight is 359 g/mol. The van der Waals surface area contributed by atoms with Crippen molar-refractivity contribution >= 4 is 23.8 Å². The number of aromatic nitrogens is 3. The number of hydrazone groups is 1. The highest BCUT2D eigenvalue weighted by molar-refractivity contribution is 7.71. The van der Waals surface area contributed by atoms with Crippen LogP contribution in [-0.4, -0.2) is 36.3 Å². The standard InChI is InChI=1S/C16H17N5O3S/c1-3-12(22)21-11(9-5-4-6-17-8-9)7-10(19-21)13-14(23)18-16(25)20(2)15(13)24/h4-6,8,11,24H,3,7H2,1-2H3,(H,18,23,25). The minimum absolute atomic E-state index is 0.0244. The minimum Gasteiger partial charge on any atom is -0.494 e. The SMILES string of the molecule is CCC(=O)N1N=C(c2c(O)n(C)c(=S)[nH]c2=O)CC1c1cccnc1. The molecule has 1 atom stereocenters. The Balaban J connectivity index is 2.10. The van der Waals surface area contributed by atoms with Crippen LogP contribution in [0.5, 0.6) is 5.88 Å². The number of nitrogens with zero attached hydrogens (tertiary/aromatic N) is 4. The first kappa shape index (κ1) is 17.0. The Bertz CT molecular complexity index is 964. The molecule has 3 heterocycles. The summed E-state index contributed by atoms with van der Waals surface area (Å²) in [7, 11) is 1.54. The summed E-state index contributed by atoms with van der Waals surface area (Å²) in [5.74, 6) is -0.452. The number of rotatable bonds is 3. The molecular formula is C16H17N5O3S. The zero-order chi connectivity index (χ0) is 18.1. The van der Waals surface area contributed by atoms with Crippen LogP contribution in [0.25, 0.3) is 0 Å². The molecule has 0 aliphatic carbocycles. The molecule has 0 spiro atoms. The number of aromatic hydroxyl groups is 1. The van der Waals surface area contributed by atoms with Crippen LogP contribution in [0.2, 0.25) is 0 Å². The quantitative estimate of drug-likeness (QED) is 0.811. The summed E-state index contributed by atoms with van der Waals surface area (Å²) in [5, 5.41) is 16.0. The number of hydrogen-bond donors (Lipinski definition) is 2. The molecule has 1 aliphatic rings. The number of carbonyl (C=O) groups is 1. The number of nitrogens with one attached hydrogen (secondary N) is 1.